The van der Waals surface area contributed by atoms with Crippen molar-refractivity contribution < 1.29 is 9.90 Å². The highest BCUT2D eigenvalue weighted by Crippen LogP contribution is 2.23. The van der Waals surface area contributed by atoms with Gasteiger partial charge in [0, 0.05) is 24.2 Å². The van der Waals surface area contributed by atoms with Crippen LogP contribution >= 0.6 is 11.3 Å². The van der Waals surface area contributed by atoms with Gasteiger partial charge in [-0.15, -0.1) is 11.3 Å². The van der Waals surface area contributed by atoms with Gasteiger partial charge in [-0.3, -0.25) is 4.79 Å². The van der Waals surface area contributed by atoms with E-state index in [4.69, 9.17) is 5.11 Å². The van der Waals surface area contributed by atoms with Crippen molar-refractivity contribution in [2.45, 2.75) is 13.8 Å². The number of nitrogens with zero attached hydrogens (tertiary/aromatic N) is 2. The Labute approximate surface area is 128 Å². The Bertz CT molecular complexity index is 612. The number of amides is 1. The number of nitrogens with one attached hydrogen (secondary N) is 1. The number of rotatable bonds is 6. The number of hydrogen-bond donors (Lipinski definition) is 2. The first kappa shape index (κ1) is 15.5. The number of hydrogen-bond acceptors (Lipinski definition) is 5. The summed E-state index contributed by atoms with van der Waals surface area (Å²) in [5.74, 6) is -0.152. The zero-order valence-electron chi connectivity index (χ0n) is 12.2. The van der Waals surface area contributed by atoms with E-state index < -0.39 is 0 Å². The maximum atomic E-state index is 12.2. The van der Waals surface area contributed by atoms with Gasteiger partial charge in [-0.25, -0.2) is 4.98 Å². The van der Waals surface area contributed by atoms with E-state index in [1.165, 1.54) is 11.3 Å². The van der Waals surface area contributed by atoms with E-state index in [1.807, 2.05) is 38.1 Å². The number of para-hydroxylation sites is 1. The number of aryl methyl sites for hydroxylation is 1. The minimum atomic E-state index is -0.152. The third kappa shape index (κ3) is 3.80. The van der Waals surface area contributed by atoms with Crippen LogP contribution in [0, 0.1) is 6.92 Å². The monoisotopic (exact) mass is 305 g/mol. The molecule has 2 N–H and O–H groups in total. The van der Waals surface area contributed by atoms with Gasteiger partial charge in [-0.1, -0.05) is 18.2 Å². The van der Waals surface area contributed by atoms with Crippen molar-refractivity contribution in [3.8, 4) is 0 Å². The van der Waals surface area contributed by atoms with Gasteiger partial charge in [0.15, 0.2) is 5.13 Å². The molecule has 1 heterocycles. The highest BCUT2D eigenvalue weighted by atomic mass is 32.1. The van der Waals surface area contributed by atoms with Gasteiger partial charge in [0.1, 0.15) is 5.69 Å². The summed E-state index contributed by atoms with van der Waals surface area (Å²) < 4.78 is 0. The molecular formula is C15H19N3O2S. The molecule has 0 spiro atoms. The highest BCUT2D eigenvalue weighted by Gasteiger charge is 2.17. The third-order valence-electron chi connectivity index (χ3n) is 3.15. The molecule has 0 unspecified atom stereocenters. The molecule has 1 aromatic carbocycles. The lowest BCUT2D eigenvalue weighted by atomic mass is 10.2. The molecule has 2 rings (SSSR count). The van der Waals surface area contributed by atoms with Crippen molar-refractivity contribution in [3.63, 3.8) is 0 Å². The second-order valence-corrected chi connectivity index (χ2v) is 5.44. The van der Waals surface area contributed by atoms with Crippen LogP contribution in [-0.4, -0.2) is 40.6 Å². The van der Waals surface area contributed by atoms with Crippen LogP contribution in [0.15, 0.2) is 29.6 Å². The lowest BCUT2D eigenvalue weighted by Crippen LogP contribution is -2.33. The van der Waals surface area contributed by atoms with Gasteiger partial charge in [-0.05, 0) is 25.5 Å². The molecular weight excluding hydrogens is 286 g/mol. The molecule has 0 atom stereocenters. The first-order valence-electron chi connectivity index (χ1n) is 6.84. The Balaban J connectivity index is 2.11. The summed E-state index contributed by atoms with van der Waals surface area (Å²) in [6.07, 6.45) is 0. The van der Waals surface area contributed by atoms with E-state index in [1.54, 1.807) is 10.3 Å². The number of aromatic nitrogens is 1. The number of aliphatic hydroxyl groups is 1. The fourth-order valence-electron chi connectivity index (χ4n) is 1.94. The van der Waals surface area contributed by atoms with E-state index in [-0.39, 0.29) is 12.5 Å². The zero-order valence-corrected chi connectivity index (χ0v) is 13.0. The van der Waals surface area contributed by atoms with Crippen molar-refractivity contribution in [1.82, 2.24) is 9.88 Å². The van der Waals surface area contributed by atoms with Crippen molar-refractivity contribution in [1.29, 1.82) is 0 Å². The number of benzene rings is 1. The maximum absolute atomic E-state index is 12.2. The van der Waals surface area contributed by atoms with Gasteiger partial charge in [0.25, 0.3) is 5.91 Å². The smallest absolute Gasteiger partial charge is 0.273 e. The summed E-state index contributed by atoms with van der Waals surface area (Å²) in [5.41, 5.74) is 2.51. The average molecular weight is 305 g/mol. The van der Waals surface area contributed by atoms with Gasteiger partial charge in [0.2, 0.25) is 0 Å². The standard InChI is InChI=1S/C15H19N3O2S/c1-3-18(8-9-19)14(20)13-10-21-15(17-13)16-12-7-5-4-6-11(12)2/h4-7,10,19H,3,8-9H2,1-2H3,(H,16,17). The van der Waals surface area contributed by atoms with Gasteiger partial charge in [0.05, 0.1) is 6.61 Å². The first-order valence-corrected chi connectivity index (χ1v) is 7.72. The van der Waals surface area contributed by atoms with Crippen LogP contribution in [0.3, 0.4) is 0 Å². The summed E-state index contributed by atoms with van der Waals surface area (Å²) in [5, 5.41) is 14.6. The molecule has 1 amide bonds. The van der Waals surface area contributed by atoms with Crippen LogP contribution in [-0.2, 0) is 0 Å². The second-order valence-electron chi connectivity index (χ2n) is 4.59. The molecule has 0 radical (unpaired) electrons. The molecule has 0 saturated heterocycles. The van der Waals surface area contributed by atoms with Crippen molar-refractivity contribution in [3.05, 3.63) is 40.9 Å². The van der Waals surface area contributed by atoms with Crippen LogP contribution in [0.25, 0.3) is 0 Å². The molecule has 0 aliphatic heterocycles. The molecule has 21 heavy (non-hydrogen) atoms. The Morgan fingerprint density at radius 1 is 1.43 bits per heavy atom. The molecule has 1 aromatic heterocycles. The van der Waals surface area contributed by atoms with E-state index in [0.29, 0.717) is 23.9 Å². The SMILES string of the molecule is CCN(CCO)C(=O)c1csc(Nc2ccccc2C)n1. The van der Waals surface area contributed by atoms with E-state index in [0.717, 1.165) is 11.3 Å². The number of carbonyl (C=O) groups excluding carboxylic acids is 1. The Hall–Kier alpha value is -1.92. The largest absolute Gasteiger partial charge is 0.395 e. The summed E-state index contributed by atoms with van der Waals surface area (Å²) >= 11 is 1.40. The fraction of sp³-hybridized carbons (Fsp3) is 0.333. The molecule has 0 saturated carbocycles. The molecule has 112 valence electrons. The Kier molecular flexibility index (Phi) is 5.30. The normalized spacial score (nSPS) is 10.4. The van der Waals surface area contributed by atoms with Gasteiger partial charge in [-0.2, -0.15) is 0 Å². The third-order valence-corrected chi connectivity index (χ3v) is 3.91. The number of anilines is 2. The summed E-state index contributed by atoms with van der Waals surface area (Å²) in [6.45, 7) is 4.73. The van der Waals surface area contributed by atoms with Crippen molar-refractivity contribution in [2.24, 2.45) is 0 Å². The summed E-state index contributed by atoms with van der Waals surface area (Å²) in [7, 11) is 0. The number of thiazole rings is 1. The Morgan fingerprint density at radius 3 is 2.86 bits per heavy atom. The molecule has 0 aliphatic carbocycles. The van der Waals surface area contributed by atoms with E-state index >= 15 is 0 Å². The molecule has 0 bridgehead atoms. The van der Waals surface area contributed by atoms with Crippen LogP contribution in [0.2, 0.25) is 0 Å². The average Bonchev–Trinajstić information content (AvgIpc) is 2.95. The minimum Gasteiger partial charge on any atom is -0.395 e. The number of carbonyl (C=O) groups is 1. The quantitative estimate of drug-likeness (QED) is 0.861. The van der Waals surface area contributed by atoms with Crippen molar-refractivity contribution in [2.75, 3.05) is 25.0 Å². The molecule has 2 aromatic rings. The van der Waals surface area contributed by atoms with E-state index in [9.17, 15) is 4.79 Å². The summed E-state index contributed by atoms with van der Waals surface area (Å²) in [4.78, 5) is 18.1. The van der Waals surface area contributed by atoms with Crippen molar-refractivity contribution >= 4 is 28.1 Å². The predicted molar refractivity (Wildman–Crippen MR) is 85.2 cm³/mol. The van der Waals surface area contributed by atoms with Crippen LogP contribution in [0.4, 0.5) is 10.8 Å². The predicted octanol–water partition coefficient (Wildman–Crippen LogP) is 2.65. The lowest BCUT2D eigenvalue weighted by Gasteiger charge is -2.18. The maximum Gasteiger partial charge on any atom is 0.273 e. The van der Waals surface area contributed by atoms with Crippen LogP contribution in [0.1, 0.15) is 23.0 Å². The number of aliphatic hydroxyl groups excluding tert-OH is 1. The van der Waals surface area contributed by atoms with E-state index in [2.05, 4.69) is 10.3 Å². The van der Waals surface area contributed by atoms with Gasteiger partial charge >= 0.3 is 0 Å². The highest BCUT2D eigenvalue weighted by molar-refractivity contribution is 7.14. The molecule has 5 nitrogen and oxygen atoms in total. The molecule has 0 fully saturated rings. The second kappa shape index (κ2) is 7.19. The number of likely N-dealkylation sites (N-methyl/N-ethyl adjacent to an activating group) is 1. The van der Waals surface area contributed by atoms with Crippen LogP contribution in [0.5, 0.6) is 0 Å². The zero-order chi connectivity index (χ0) is 15.2. The lowest BCUT2D eigenvalue weighted by molar-refractivity contribution is 0.0727. The van der Waals surface area contributed by atoms with Gasteiger partial charge < -0.3 is 15.3 Å². The Morgan fingerprint density at radius 2 is 2.19 bits per heavy atom. The minimum absolute atomic E-state index is 0.0436. The van der Waals surface area contributed by atoms with Crippen LogP contribution < -0.4 is 5.32 Å². The molecule has 6 heteroatoms. The molecule has 0 aliphatic rings. The first-order chi connectivity index (χ1) is 10.2. The summed E-state index contributed by atoms with van der Waals surface area (Å²) in [6, 6.07) is 7.92. The topological polar surface area (TPSA) is 65.5 Å². The fourth-order valence-corrected chi connectivity index (χ4v) is 2.64.